The second kappa shape index (κ2) is 10.6. The van der Waals surface area contributed by atoms with Gasteiger partial charge in [0.05, 0.1) is 4.90 Å². The van der Waals surface area contributed by atoms with E-state index in [1.165, 1.54) is 24.3 Å². The highest BCUT2D eigenvalue weighted by Gasteiger charge is 2.14. The highest BCUT2D eigenvalue weighted by atomic mass is 32.2. The summed E-state index contributed by atoms with van der Waals surface area (Å²) in [6.07, 6.45) is 3.07. The number of aryl methyl sites for hydroxylation is 2. The van der Waals surface area contributed by atoms with Gasteiger partial charge in [0.2, 0.25) is 10.0 Å². The monoisotopic (exact) mass is 457 g/mol. The van der Waals surface area contributed by atoms with Crippen LogP contribution in [0.2, 0.25) is 0 Å². The molecule has 32 heavy (non-hydrogen) atoms. The van der Waals surface area contributed by atoms with Crippen LogP contribution in [0.5, 0.6) is 5.75 Å². The molecule has 0 spiro atoms. The van der Waals surface area contributed by atoms with Crippen LogP contribution in [0.15, 0.2) is 62.6 Å². The summed E-state index contributed by atoms with van der Waals surface area (Å²) in [6.45, 7) is 4.07. The molecule has 1 N–H and O–H groups in total. The van der Waals surface area contributed by atoms with Crippen LogP contribution in [0.4, 0.5) is 0 Å². The van der Waals surface area contributed by atoms with Gasteiger partial charge in [-0.3, -0.25) is 4.79 Å². The lowest BCUT2D eigenvalue weighted by atomic mass is 10.0. The largest absolute Gasteiger partial charge is 0.426 e. The van der Waals surface area contributed by atoms with Gasteiger partial charge in [0, 0.05) is 30.5 Å². The van der Waals surface area contributed by atoms with E-state index >= 15 is 0 Å². The van der Waals surface area contributed by atoms with Gasteiger partial charge in [-0.1, -0.05) is 31.0 Å². The van der Waals surface area contributed by atoms with E-state index in [9.17, 15) is 18.0 Å². The van der Waals surface area contributed by atoms with Gasteiger partial charge in [-0.05, 0) is 56.0 Å². The van der Waals surface area contributed by atoms with E-state index < -0.39 is 21.6 Å². The predicted molar refractivity (Wildman–Crippen MR) is 122 cm³/mol. The smallest absolute Gasteiger partial charge is 0.336 e. The number of rotatable bonds is 10. The molecule has 0 saturated carbocycles. The second-order valence-electron chi connectivity index (χ2n) is 7.64. The van der Waals surface area contributed by atoms with Gasteiger partial charge in [-0.15, -0.1) is 0 Å². The van der Waals surface area contributed by atoms with Crippen LogP contribution in [-0.2, 0) is 21.2 Å². The molecular weight excluding hydrogens is 430 g/mol. The average molecular weight is 458 g/mol. The fourth-order valence-electron chi connectivity index (χ4n) is 3.27. The van der Waals surface area contributed by atoms with E-state index in [2.05, 4.69) is 11.6 Å². The number of nitrogens with one attached hydrogen (secondary N) is 1. The summed E-state index contributed by atoms with van der Waals surface area (Å²) in [6, 6.07) is 13.0. The Morgan fingerprint density at radius 2 is 1.81 bits per heavy atom. The molecule has 0 saturated heterocycles. The third-order valence-electron chi connectivity index (χ3n) is 5.01. The quantitative estimate of drug-likeness (QED) is 0.213. The molecule has 0 aliphatic carbocycles. The van der Waals surface area contributed by atoms with E-state index in [-0.39, 0.29) is 30.0 Å². The number of sulfonamides is 1. The Morgan fingerprint density at radius 3 is 2.53 bits per heavy atom. The van der Waals surface area contributed by atoms with Gasteiger partial charge >= 0.3 is 11.6 Å². The van der Waals surface area contributed by atoms with Crippen LogP contribution in [0.1, 0.15) is 43.7 Å². The molecule has 3 aromatic rings. The third-order valence-corrected chi connectivity index (χ3v) is 6.49. The minimum atomic E-state index is -3.62. The second-order valence-corrected chi connectivity index (χ2v) is 9.41. The van der Waals surface area contributed by atoms with Crippen molar-refractivity contribution in [2.45, 2.75) is 50.8 Å². The Bertz CT molecular complexity index is 1250. The van der Waals surface area contributed by atoms with Crippen molar-refractivity contribution in [3.05, 3.63) is 70.1 Å². The van der Waals surface area contributed by atoms with Crippen LogP contribution in [0.3, 0.4) is 0 Å². The summed E-state index contributed by atoms with van der Waals surface area (Å²) >= 11 is 0. The summed E-state index contributed by atoms with van der Waals surface area (Å²) in [5, 5.41) is 0.823. The minimum absolute atomic E-state index is 0.0366. The molecule has 0 unspecified atom stereocenters. The molecular formula is C24H27NO6S. The molecule has 1 aromatic heterocycles. The maximum absolute atomic E-state index is 12.3. The van der Waals surface area contributed by atoms with Gasteiger partial charge in [-0.2, -0.15) is 0 Å². The first-order valence-electron chi connectivity index (χ1n) is 10.6. The van der Waals surface area contributed by atoms with Crippen LogP contribution < -0.4 is 15.1 Å². The Labute approximate surface area is 187 Å². The van der Waals surface area contributed by atoms with Gasteiger partial charge in [-0.25, -0.2) is 17.9 Å². The first kappa shape index (κ1) is 23.7. The minimum Gasteiger partial charge on any atom is -0.426 e. The summed E-state index contributed by atoms with van der Waals surface area (Å²) in [5.41, 5.74) is 1.82. The molecule has 170 valence electrons. The van der Waals surface area contributed by atoms with E-state index in [1.807, 2.05) is 6.92 Å². The number of carbonyl (C=O) groups excluding carboxylic acids is 1. The molecule has 0 radical (unpaired) electrons. The first-order valence-corrected chi connectivity index (χ1v) is 12.1. The van der Waals surface area contributed by atoms with Gasteiger partial charge in [0.25, 0.3) is 0 Å². The lowest BCUT2D eigenvalue weighted by Crippen LogP contribution is -2.25. The topological polar surface area (TPSA) is 103 Å². The summed E-state index contributed by atoms with van der Waals surface area (Å²) in [4.78, 5) is 24.2. The number of ether oxygens (including phenoxy) is 1. The van der Waals surface area contributed by atoms with Gasteiger partial charge in [0.1, 0.15) is 11.3 Å². The zero-order valence-corrected chi connectivity index (χ0v) is 19.0. The average Bonchev–Trinajstić information content (AvgIpc) is 2.75. The molecule has 0 bridgehead atoms. The summed E-state index contributed by atoms with van der Waals surface area (Å²) < 4.78 is 37.6. The fraction of sp³-hybridized carbons (Fsp3) is 0.333. The molecule has 8 heteroatoms. The van der Waals surface area contributed by atoms with Crippen LogP contribution in [-0.4, -0.2) is 20.9 Å². The predicted octanol–water partition coefficient (Wildman–Crippen LogP) is 4.11. The Balaban J connectivity index is 1.55. The summed E-state index contributed by atoms with van der Waals surface area (Å²) in [7, 11) is -3.62. The Hall–Kier alpha value is -2.97. The molecule has 0 amide bonds. The molecule has 0 fully saturated rings. The lowest BCUT2D eigenvalue weighted by Gasteiger charge is -2.09. The van der Waals surface area contributed by atoms with Gasteiger partial charge in [0.15, 0.2) is 0 Å². The standard InChI is InChI=1S/C24H27NO6S/c1-3-4-6-18-15-24(27)31-22-16-19(10-13-21(18)22)30-23(26)7-5-14-25-32(28,29)20-11-8-17(2)9-12-20/h8-13,15-16,25H,3-7,14H2,1-2H3. The number of esters is 1. The van der Waals surface area contributed by atoms with Crippen LogP contribution in [0, 0.1) is 6.92 Å². The molecule has 2 aromatic carbocycles. The molecule has 7 nitrogen and oxygen atoms in total. The number of benzene rings is 2. The zero-order valence-electron chi connectivity index (χ0n) is 18.2. The van der Waals surface area contributed by atoms with Crippen LogP contribution >= 0.6 is 0 Å². The van der Waals surface area contributed by atoms with Crippen molar-refractivity contribution in [1.29, 1.82) is 0 Å². The van der Waals surface area contributed by atoms with Crippen molar-refractivity contribution in [3.63, 3.8) is 0 Å². The van der Waals surface area contributed by atoms with Gasteiger partial charge < -0.3 is 9.15 Å². The normalized spacial score (nSPS) is 11.6. The highest BCUT2D eigenvalue weighted by molar-refractivity contribution is 7.89. The number of fused-ring (bicyclic) bond motifs is 1. The maximum Gasteiger partial charge on any atom is 0.336 e. The van der Waals surface area contributed by atoms with E-state index in [0.717, 1.165) is 35.8 Å². The van der Waals surface area contributed by atoms with Crippen molar-refractivity contribution in [2.24, 2.45) is 0 Å². The zero-order chi connectivity index (χ0) is 23.1. The molecule has 0 aliphatic heterocycles. The Kier molecular flexibility index (Phi) is 7.82. The van der Waals surface area contributed by atoms with Crippen molar-refractivity contribution in [1.82, 2.24) is 4.72 Å². The van der Waals surface area contributed by atoms with Crippen molar-refractivity contribution in [2.75, 3.05) is 6.54 Å². The molecule has 3 rings (SSSR count). The van der Waals surface area contributed by atoms with Crippen LogP contribution in [0.25, 0.3) is 11.0 Å². The maximum atomic E-state index is 12.3. The third kappa shape index (κ3) is 6.27. The first-order chi connectivity index (χ1) is 15.3. The SMILES string of the molecule is CCCCc1cc(=O)oc2cc(OC(=O)CCCNS(=O)(=O)c3ccc(C)cc3)ccc12. The summed E-state index contributed by atoms with van der Waals surface area (Å²) in [5.74, 6) is -0.220. The number of carbonyl (C=O) groups is 1. The lowest BCUT2D eigenvalue weighted by molar-refractivity contribution is -0.134. The fourth-order valence-corrected chi connectivity index (χ4v) is 4.34. The molecule has 0 atom stereocenters. The molecule has 1 heterocycles. The van der Waals surface area contributed by atoms with E-state index in [1.54, 1.807) is 24.3 Å². The number of unbranched alkanes of at least 4 members (excludes halogenated alkanes) is 1. The van der Waals surface area contributed by atoms with E-state index in [0.29, 0.717) is 5.58 Å². The van der Waals surface area contributed by atoms with Crippen molar-refractivity contribution >= 4 is 27.0 Å². The van der Waals surface area contributed by atoms with E-state index in [4.69, 9.17) is 9.15 Å². The Morgan fingerprint density at radius 1 is 1.06 bits per heavy atom. The number of hydrogen-bond donors (Lipinski definition) is 1. The van der Waals surface area contributed by atoms with Crippen molar-refractivity contribution in [3.8, 4) is 5.75 Å². The highest BCUT2D eigenvalue weighted by Crippen LogP contribution is 2.24. The molecule has 0 aliphatic rings. The van der Waals surface area contributed by atoms with Crippen molar-refractivity contribution < 1.29 is 22.4 Å². The number of hydrogen-bond acceptors (Lipinski definition) is 6.